The fourth-order valence-electron chi connectivity index (χ4n) is 0.947. The number of aromatic hydroxyl groups is 1. The zero-order chi connectivity index (χ0) is 7.84. The molecule has 1 aliphatic heterocycles. The number of nitrogen functional groups attached to an aromatic ring is 1. The summed E-state index contributed by atoms with van der Waals surface area (Å²) in [4.78, 5) is 0. The van der Waals surface area contributed by atoms with Crippen molar-refractivity contribution in [3.63, 3.8) is 0 Å². The zero-order valence-electron chi connectivity index (χ0n) is 5.70. The average Bonchev–Trinajstić information content (AvgIpc) is 2.36. The minimum atomic E-state index is 0.0225. The zero-order valence-corrected chi connectivity index (χ0v) is 5.70. The molecule has 1 aliphatic rings. The Hall–Kier alpha value is -1.58. The van der Waals surface area contributed by atoms with Crippen LogP contribution in [0.3, 0.4) is 0 Å². The molecule has 0 fully saturated rings. The van der Waals surface area contributed by atoms with Crippen LogP contribution in [0, 0.1) is 0 Å². The van der Waals surface area contributed by atoms with Crippen LogP contribution in [0.15, 0.2) is 12.1 Å². The molecule has 0 radical (unpaired) electrons. The predicted molar refractivity (Wildman–Crippen MR) is 38.6 cm³/mol. The van der Waals surface area contributed by atoms with Crippen LogP contribution in [-0.2, 0) is 0 Å². The van der Waals surface area contributed by atoms with E-state index >= 15 is 0 Å². The predicted octanol–water partition coefficient (Wildman–Crippen LogP) is 0.703. The Morgan fingerprint density at radius 2 is 1.91 bits per heavy atom. The molecule has 3 N–H and O–H groups in total. The van der Waals surface area contributed by atoms with Crippen molar-refractivity contribution in [1.82, 2.24) is 0 Å². The summed E-state index contributed by atoms with van der Waals surface area (Å²) in [5, 5.41) is 9.12. The standard InChI is InChI=1S/C7H7NO3/c8-4-1-6-7(2-5(4)9)11-3-10-6/h1-2,9H,3,8H2. The summed E-state index contributed by atoms with van der Waals surface area (Å²) in [5.41, 5.74) is 5.71. The van der Waals surface area contributed by atoms with Crippen LogP contribution in [0.4, 0.5) is 5.69 Å². The summed E-state index contributed by atoms with van der Waals surface area (Å²) in [6, 6.07) is 2.98. The van der Waals surface area contributed by atoms with E-state index < -0.39 is 0 Å². The van der Waals surface area contributed by atoms with E-state index in [0.29, 0.717) is 17.2 Å². The topological polar surface area (TPSA) is 64.7 Å². The Balaban J connectivity index is 2.57. The van der Waals surface area contributed by atoms with Crippen molar-refractivity contribution in [3.05, 3.63) is 12.1 Å². The monoisotopic (exact) mass is 153 g/mol. The molecule has 58 valence electrons. The number of phenols is 1. The largest absolute Gasteiger partial charge is 0.506 e. The molecule has 4 heteroatoms. The third-order valence-electron chi connectivity index (χ3n) is 1.52. The van der Waals surface area contributed by atoms with Gasteiger partial charge < -0.3 is 20.3 Å². The quantitative estimate of drug-likeness (QED) is 0.425. The van der Waals surface area contributed by atoms with Crippen molar-refractivity contribution in [2.45, 2.75) is 0 Å². The molecule has 0 aliphatic carbocycles. The molecule has 4 nitrogen and oxygen atoms in total. The highest BCUT2D eigenvalue weighted by molar-refractivity contribution is 5.61. The van der Waals surface area contributed by atoms with E-state index in [4.69, 9.17) is 20.3 Å². The lowest BCUT2D eigenvalue weighted by atomic mass is 10.2. The number of benzene rings is 1. The van der Waals surface area contributed by atoms with Gasteiger partial charge in [-0.15, -0.1) is 0 Å². The van der Waals surface area contributed by atoms with E-state index in [2.05, 4.69) is 0 Å². The van der Waals surface area contributed by atoms with E-state index in [0.717, 1.165) is 0 Å². The van der Waals surface area contributed by atoms with Crippen molar-refractivity contribution < 1.29 is 14.6 Å². The van der Waals surface area contributed by atoms with Gasteiger partial charge in [0.15, 0.2) is 11.5 Å². The minimum absolute atomic E-state index is 0.0225. The smallest absolute Gasteiger partial charge is 0.231 e. The molecule has 0 amide bonds. The lowest BCUT2D eigenvalue weighted by molar-refractivity contribution is 0.174. The van der Waals surface area contributed by atoms with Gasteiger partial charge in [-0.25, -0.2) is 0 Å². The number of ether oxygens (including phenoxy) is 2. The number of nitrogens with two attached hydrogens (primary N) is 1. The van der Waals surface area contributed by atoms with E-state index in [1.54, 1.807) is 0 Å². The summed E-state index contributed by atoms with van der Waals surface area (Å²) >= 11 is 0. The third-order valence-corrected chi connectivity index (χ3v) is 1.52. The summed E-state index contributed by atoms with van der Waals surface area (Å²) in [7, 11) is 0. The van der Waals surface area contributed by atoms with Gasteiger partial charge in [-0.1, -0.05) is 0 Å². The Bertz CT molecular complexity index is 269. The van der Waals surface area contributed by atoms with Gasteiger partial charge in [-0.3, -0.25) is 0 Å². The molecule has 1 aromatic rings. The fraction of sp³-hybridized carbons (Fsp3) is 0.143. The van der Waals surface area contributed by atoms with Crippen LogP contribution in [0.2, 0.25) is 0 Å². The maximum atomic E-state index is 9.12. The third kappa shape index (κ3) is 0.832. The SMILES string of the molecule is Nc1cc2c(cc1O)OCO2. The molecule has 1 aromatic carbocycles. The maximum Gasteiger partial charge on any atom is 0.231 e. The van der Waals surface area contributed by atoms with Gasteiger partial charge in [-0.2, -0.15) is 0 Å². The summed E-state index contributed by atoms with van der Waals surface area (Å²) in [5.74, 6) is 1.14. The van der Waals surface area contributed by atoms with E-state index in [-0.39, 0.29) is 12.5 Å². The van der Waals surface area contributed by atoms with Gasteiger partial charge in [-0.05, 0) is 0 Å². The first kappa shape index (κ1) is 6.15. The molecule has 0 aromatic heterocycles. The first-order chi connectivity index (χ1) is 5.27. The second kappa shape index (κ2) is 1.95. The first-order valence-corrected chi connectivity index (χ1v) is 3.15. The highest BCUT2D eigenvalue weighted by Crippen LogP contribution is 2.38. The van der Waals surface area contributed by atoms with E-state index in [1.807, 2.05) is 0 Å². The summed E-state index contributed by atoms with van der Waals surface area (Å²) in [6.07, 6.45) is 0. The van der Waals surface area contributed by atoms with Crippen LogP contribution in [-0.4, -0.2) is 11.9 Å². The maximum absolute atomic E-state index is 9.12. The lowest BCUT2D eigenvalue weighted by Crippen LogP contribution is -1.92. The summed E-state index contributed by atoms with van der Waals surface area (Å²) < 4.78 is 10.0. The van der Waals surface area contributed by atoms with Crippen LogP contribution >= 0.6 is 0 Å². The first-order valence-electron chi connectivity index (χ1n) is 3.15. The molecule has 11 heavy (non-hydrogen) atoms. The van der Waals surface area contributed by atoms with Gasteiger partial charge in [0.05, 0.1) is 5.69 Å². The molecule has 0 unspecified atom stereocenters. The average molecular weight is 153 g/mol. The molecule has 0 atom stereocenters. The van der Waals surface area contributed by atoms with Crippen LogP contribution < -0.4 is 15.2 Å². The van der Waals surface area contributed by atoms with Gasteiger partial charge >= 0.3 is 0 Å². The number of fused-ring (bicyclic) bond motifs is 1. The second-order valence-corrected chi connectivity index (χ2v) is 2.26. The number of rotatable bonds is 0. The van der Waals surface area contributed by atoms with Gasteiger partial charge in [0.2, 0.25) is 6.79 Å². The molecular weight excluding hydrogens is 146 g/mol. The number of phenolic OH excluding ortho intramolecular Hbond substituents is 1. The van der Waals surface area contributed by atoms with Crippen molar-refractivity contribution in [1.29, 1.82) is 0 Å². The molecule has 0 saturated carbocycles. The number of hydrogen-bond donors (Lipinski definition) is 2. The van der Waals surface area contributed by atoms with Crippen molar-refractivity contribution in [2.75, 3.05) is 12.5 Å². The Morgan fingerprint density at radius 3 is 2.64 bits per heavy atom. The molecular formula is C7H7NO3. The second-order valence-electron chi connectivity index (χ2n) is 2.26. The molecule has 0 bridgehead atoms. The molecule has 1 heterocycles. The Labute approximate surface area is 63.2 Å². The minimum Gasteiger partial charge on any atom is -0.506 e. The molecule has 0 spiro atoms. The van der Waals surface area contributed by atoms with Gasteiger partial charge in [0, 0.05) is 12.1 Å². The molecule has 2 rings (SSSR count). The Kier molecular flexibility index (Phi) is 1.09. The highest BCUT2D eigenvalue weighted by atomic mass is 16.7. The van der Waals surface area contributed by atoms with Crippen molar-refractivity contribution in [3.8, 4) is 17.2 Å². The Morgan fingerprint density at radius 1 is 1.27 bits per heavy atom. The van der Waals surface area contributed by atoms with Crippen LogP contribution in [0.25, 0.3) is 0 Å². The summed E-state index contributed by atoms with van der Waals surface area (Å²) in [6.45, 7) is 0.193. The molecule has 0 saturated heterocycles. The van der Waals surface area contributed by atoms with Crippen LogP contribution in [0.1, 0.15) is 0 Å². The number of anilines is 1. The fourth-order valence-corrected chi connectivity index (χ4v) is 0.947. The lowest BCUT2D eigenvalue weighted by Gasteiger charge is -1.99. The van der Waals surface area contributed by atoms with E-state index in [1.165, 1.54) is 12.1 Å². The number of hydrogen-bond acceptors (Lipinski definition) is 4. The van der Waals surface area contributed by atoms with Crippen molar-refractivity contribution in [2.24, 2.45) is 0 Å². The van der Waals surface area contributed by atoms with Gasteiger partial charge in [0.1, 0.15) is 5.75 Å². The van der Waals surface area contributed by atoms with Gasteiger partial charge in [0.25, 0.3) is 0 Å². The van der Waals surface area contributed by atoms with E-state index in [9.17, 15) is 0 Å². The van der Waals surface area contributed by atoms with Crippen molar-refractivity contribution >= 4 is 5.69 Å². The normalized spacial score (nSPS) is 13.5. The highest BCUT2D eigenvalue weighted by Gasteiger charge is 2.15. The van der Waals surface area contributed by atoms with Crippen LogP contribution in [0.5, 0.6) is 17.2 Å².